The van der Waals surface area contributed by atoms with Crippen molar-refractivity contribution in [3.8, 4) is 0 Å². The first-order chi connectivity index (χ1) is 10.2. The van der Waals surface area contributed by atoms with Crippen LogP contribution in [0, 0.1) is 17.0 Å². The van der Waals surface area contributed by atoms with Crippen LogP contribution in [0.25, 0.3) is 0 Å². The summed E-state index contributed by atoms with van der Waals surface area (Å²) in [4.78, 5) is 9.91. The number of benzene rings is 1. The number of sulfonamides is 1. The summed E-state index contributed by atoms with van der Waals surface area (Å²) in [5.41, 5.74) is 0.954. The molecule has 1 unspecified atom stereocenters. The van der Waals surface area contributed by atoms with E-state index >= 15 is 0 Å². The Hall–Kier alpha value is -2.26. The summed E-state index contributed by atoms with van der Waals surface area (Å²) in [6.07, 6.45) is 1.71. The molecule has 1 N–H and O–H groups in total. The van der Waals surface area contributed by atoms with E-state index in [4.69, 9.17) is 0 Å². The number of rotatable bonds is 5. The summed E-state index contributed by atoms with van der Waals surface area (Å²) in [6, 6.07) is 4.68. The standard InChI is InChI=1S/C13H16N4O4S/c1-9-11(8-16(3)14-9)10(2)15-22(20,21)13-7-5-4-6-12(13)17(18)19/h4-8,10,15H,1-3H3. The molecule has 0 fully saturated rings. The SMILES string of the molecule is Cc1nn(C)cc1C(C)NS(=O)(=O)c1ccccc1[N+](=O)[O-]. The highest BCUT2D eigenvalue weighted by molar-refractivity contribution is 7.89. The van der Waals surface area contributed by atoms with Gasteiger partial charge in [-0.25, -0.2) is 13.1 Å². The average molecular weight is 324 g/mol. The van der Waals surface area contributed by atoms with E-state index in [0.29, 0.717) is 11.3 Å². The Balaban J connectivity index is 2.36. The normalized spacial score (nSPS) is 13.0. The Bertz CT molecular complexity index is 813. The second kappa shape index (κ2) is 5.85. The molecule has 8 nitrogen and oxygen atoms in total. The molecule has 1 heterocycles. The van der Waals surface area contributed by atoms with Gasteiger partial charge < -0.3 is 0 Å². The smallest absolute Gasteiger partial charge is 0.275 e. The summed E-state index contributed by atoms with van der Waals surface area (Å²) >= 11 is 0. The van der Waals surface area contributed by atoms with Gasteiger partial charge >= 0.3 is 0 Å². The van der Waals surface area contributed by atoms with E-state index < -0.39 is 26.7 Å². The van der Waals surface area contributed by atoms with Crippen molar-refractivity contribution in [1.29, 1.82) is 0 Å². The van der Waals surface area contributed by atoms with Crippen molar-refractivity contribution in [2.75, 3.05) is 0 Å². The van der Waals surface area contributed by atoms with Crippen molar-refractivity contribution in [3.05, 3.63) is 51.8 Å². The first-order valence-electron chi connectivity index (χ1n) is 6.48. The fourth-order valence-corrected chi connectivity index (χ4v) is 3.63. The second-order valence-electron chi connectivity index (χ2n) is 4.91. The lowest BCUT2D eigenvalue weighted by Crippen LogP contribution is -2.27. The van der Waals surface area contributed by atoms with E-state index in [1.807, 2.05) is 0 Å². The van der Waals surface area contributed by atoms with E-state index in [0.717, 1.165) is 6.07 Å². The van der Waals surface area contributed by atoms with E-state index in [1.165, 1.54) is 18.2 Å². The lowest BCUT2D eigenvalue weighted by atomic mass is 10.1. The van der Waals surface area contributed by atoms with Crippen LogP contribution in [0.1, 0.15) is 24.2 Å². The first kappa shape index (κ1) is 16.1. The van der Waals surface area contributed by atoms with Crippen molar-refractivity contribution in [2.24, 2.45) is 7.05 Å². The fourth-order valence-electron chi connectivity index (χ4n) is 2.24. The molecule has 1 atom stereocenters. The van der Waals surface area contributed by atoms with Gasteiger partial charge in [-0.15, -0.1) is 0 Å². The molecule has 0 saturated carbocycles. The fraction of sp³-hybridized carbons (Fsp3) is 0.308. The molecule has 118 valence electrons. The number of nitrogens with one attached hydrogen (secondary N) is 1. The van der Waals surface area contributed by atoms with Crippen LogP contribution in [0.5, 0.6) is 0 Å². The van der Waals surface area contributed by atoms with E-state index in [-0.39, 0.29) is 4.90 Å². The van der Waals surface area contributed by atoms with Crippen LogP contribution in [0.4, 0.5) is 5.69 Å². The van der Waals surface area contributed by atoms with Crippen molar-refractivity contribution in [1.82, 2.24) is 14.5 Å². The number of hydrogen-bond donors (Lipinski definition) is 1. The minimum absolute atomic E-state index is 0.353. The molecule has 1 aromatic heterocycles. The predicted octanol–water partition coefficient (Wildman–Crippen LogP) is 1.68. The minimum atomic E-state index is -4.02. The Labute approximate surface area is 128 Å². The quantitative estimate of drug-likeness (QED) is 0.665. The Morgan fingerprint density at radius 3 is 2.55 bits per heavy atom. The molecule has 1 aromatic carbocycles. The Morgan fingerprint density at radius 1 is 1.36 bits per heavy atom. The van der Waals surface area contributed by atoms with Gasteiger partial charge in [-0.2, -0.15) is 5.10 Å². The second-order valence-corrected chi connectivity index (χ2v) is 6.59. The van der Waals surface area contributed by atoms with Gasteiger partial charge in [0.25, 0.3) is 5.69 Å². The molecule has 2 aromatic rings. The van der Waals surface area contributed by atoms with Crippen LogP contribution in [0.15, 0.2) is 35.4 Å². The number of nitro benzene ring substituents is 1. The minimum Gasteiger partial charge on any atom is -0.275 e. The molecule has 0 aliphatic heterocycles. The maximum atomic E-state index is 12.4. The number of nitrogens with zero attached hydrogens (tertiary/aromatic N) is 3. The molecular weight excluding hydrogens is 308 g/mol. The highest BCUT2D eigenvalue weighted by Crippen LogP contribution is 2.25. The van der Waals surface area contributed by atoms with Crippen molar-refractivity contribution in [2.45, 2.75) is 24.8 Å². The number of aryl methyl sites for hydroxylation is 2. The molecule has 9 heteroatoms. The van der Waals surface area contributed by atoms with Crippen LogP contribution >= 0.6 is 0 Å². The van der Waals surface area contributed by atoms with Gasteiger partial charge in [0.1, 0.15) is 0 Å². The third kappa shape index (κ3) is 3.15. The van der Waals surface area contributed by atoms with Crippen LogP contribution in [-0.2, 0) is 17.1 Å². The van der Waals surface area contributed by atoms with Crippen LogP contribution in [-0.4, -0.2) is 23.1 Å². The molecular formula is C13H16N4O4S. The van der Waals surface area contributed by atoms with E-state index in [2.05, 4.69) is 9.82 Å². The summed E-state index contributed by atoms with van der Waals surface area (Å²) in [7, 11) is -2.28. The Morgan fingerprint density at radius 2 is 2.00 bits per heavy atom. The van der Waals surface area contributed by atoms with Crippen molar-refractivity contribution >= 4 is 15.7 Å². The number of para-hydroxylation sites is 1. The molecule has 2 rings (SSSR count). The molecule has 0 spiro atoms. The largest absolute Gasteiger partial charge is 0.289 e. The lowest BCUT2D eigenvalue weighted by molar-refractivity contribution is -0.387. The molecule has 0 amide bonds. The van der Waals surface area contributed by atoms with Crippen LogP contribution < -0.4 is 4.72 Å². The van der Waals surface area contributed by atoms with Gasteiger partial charge in [0, 0.05) is 30.9 Å². The van der Waals surface area contributed by atoms with Gasteiger partial charge in [-0.05, 0) is 19.9 Å². The lowest BCUT2D eigenvalue weighted by Gasteiger charge is -2.13. The van der Waals surface area contributed by atoms with Crippen molar-refractivity contribution in [3.63, 3.8) is 0 Å². The van der Waals surface area contributed by atoms with Crippen molar-refractivity contribution < 1.29 is 13.3 Å². The molecule has 0 aliphatic rings. The summed E-state index contributed by atoms with van der Waals surface area (Å²) in [6.45, 7) is 3.43. The van der Waals surface area contributed by atoms with E-state index in [9.17, 15) is 18.5 Å². The topological polar surface area (TPSA) is 107 Å². The monoisotopic (exact) mass is 324 g/mol. The first-order valence-corrected chi connectivity index (χ1v) is 7.96. The summed E-state index contributed by atoms with van der Waals surface area (Å²) in [5, 5.41) is 15.1. The highest BCUT2D eigenvalue weighted by atomic mass is 32.2. The highest BCUT2D eigenvalue weighted by Gasteiger charge is 2.27. The third-order valence-electron chi connectivity index (χ3n) is 3.20. The van der Waals surface area contributed by atoms with Crippen LogP contribution in [0.2, 0.25) is 0 Å². The van der Waals surface area contributed by atoms with Gasteiger partial charge in [0.05, 0.1) is 10.6 Å². The molecule has 22 heavy (non-hydrogen) atoms. The molecule has 0 bridgehead atoms. The maximum absolute atomic E-state index is 12.4. The third-order valence-corrected chi connectivity index (χ3v) is 4.79. The van der Waals surface area contributed by atoms with E-state index in [1.54, 1.807) is 31.8 Å². The number of aromatic nitrogens is 2. The number of nitro groups is 1. The molecule has 0 radical (unpaired) electrons. The summed E-state index contributed by atoms with van der Waals surface area (Å²) < 4.78 is 28.9. The zero-order valence-corrected chi connectivity index (χ0v) is 13.2. The molecule has 0 saturated heterocycles. The van der Waals surface area contributed by atoms with Gasteiger partial charge in [0.15, 0.2) is 4.90 Å². The van der Waals surface area contributed by atoms with Gasteiger partial charge in [-0.3, -0.25) is 14.8 Å². The average Bonchev–Trinajstić information content (AvgIpc) is 2.77. The number of hydrogen-bond acceptors (Lipinski definition) is 5. The predicted molar refractivity (Wildman–Crippen MR) is 79.8 cm³/mol. The van der Waals surface area contributed by atoms with Gasteiger partial charge in [-0.1, -0.05) is 12.1 Å². The van der Waals surface area contributed by atoms with Gasteiger partial charge in [0.2, 0.25) is 10.0 Å². The zero-order chi connectivity index (χ0) is 16.5. The summed E-state index contributed by atoms with van der Waals surface area (Å²) in [5.74, 6) is 0. The molecule has 0 aliphatic carbocycles. The maximum Gasteiger partial charge on any atom is 0.289 e. The zero-order valence-electron chi connectivity index (χ0n) is 12.3. The Kier molecular flexibility index (Phi) is 4.29. The van der Waals surface area contributed by atoms with Crippen LogP contribution in [0.3, 0.4) is 0 Å².